The van der Waals surface area contributed by atoms with Gasteiger partial charge in [0.15, 0.2) is 6.29 Å². The van der Waals surface area contributed by atoms with Gasteiger partial charge in [0.1, 0.15) is 24.4 Å². The fraction of sp³-hybridized carbons (Fsp3) is 0.860. The Morgan fingerprint density at radius 1 is 0.576 bits per heavy atom. The molecule has 9 heteroatoms. The second kappa shape index (κ2) is 40.5. The topological polar surface area (TPSA) is 149 Å². The molecule has 6 N–H and O–H groups in total. The van der Waals surface area contributed by atoms with Crippen LogP contribution in [0.3, 0.4) is 0 Å². The molecule has 9 nitrogen and oxygen atoms in total. The van der Waals surface area contributed by atoms with Crippen molar-refractivity contribution in [3.8, 4) is 0 Å². The summed E-state index contributed by atoms with van der Waals surface area (Å²) in [5, 5.41) is 54.1. The Balaban J connectivity index is 2.18. The van der Waals surface area contributed by atoms with Crippen LogP contribution in [0.25, 0.3) is 0 Å². The molecular formula is C50H93NO8. The van der Waals surface area contributed by atoms with Crippen LogP contribution in [0.1, 0.15) is 219 Å². The van der Waals surface area contributed by atoms with E-state index in [0.717, 1.165) is 51.4 Å². The standard InChI is InChI=1S/C50H93NO8/c1-3-5-7-9-11-13-15-16-17-18-19-20-21-22-23-24-25-26-27-28-29-30-32-34-36-38-40-46(54)51-43(42-58-50-49(57)48(56)47(55)45(41-52)59-50)44(53)39-37-35-33-31-14-12-10-8-6-4-2/h6,8,14,31,37,39,43-45,47-50,52-53,55-57H,3-5,7,9-13,15-30,32-36,38,40-42H2,1-2H3,(H,51,54)/b8-6+,31-14+,39-37+. The minimum Gasteiger partial charge on any atom is -0.394 e. The minimum absolute atomic E-state index is 0.191. The number of aliphatic hydroxyl groups is 5. The number of aliphatic hydroxyl groups excluding tert-OH is 5. The maximum Gasteiger partial charge on any atom is 0.220 e. The lowest BCUT2D eigenvalue weighted by atomic mass is 9.99. The van der Waals surface area contributed by atoms with E-state index in [1.807, 2.05) is 6.08 Å². The maximum atomic E-state index is 12.9. The number of carbonyl (C=O) groups excluding carboxylic acids is 1. The molecule has 59 heavy (non-hydrogen) atoms. The van der Waals surface area contributed by atoms with Gasteiger partial charge < -0.3 is 40.3 Å². The molecule has 0 radical (unpaired) electrons. The van der Waals surface area contributed by atoms with Gasteiger partial charge in [0.05, 0.1) is 25.4 Å². The third kappa shape index (κ3) is 31.0. The molecule has 1 heterocycles. The normalized spacial score (nSPS) is 21.0. The first-order valence-corrected chi connectivity index (χ1v) is 24.7. The number of amides is 1. The molecule has 1 rings (SSSR count). The number of carbonyl (C=O) groups is 1. The predicted molar refractivity (Wildman–Crippen MR) is 244 cm³/mol. The predicted octanol–water partition coefficient (Wildman–Crippen LogP) is 10.8. The molecule has 1 fully saturated rings. The first-order valence-electron chi connectivity index (χ1n) is 24.7. The Morgan fingerprint density at radius 3 is 1.41 bits per heavy atom. The fourth-order valence-corrected chi connectivity index (χ4v) is 7.78. The second-order valence-corrected chi connectivity index (χ2v) is 17.2. The van der Waals surface area contributed by atoms with Crippen LogP contribution in [0.2, 0.25) is 0 Å². The van der Waals surface area contributed by atoms with Crippen LogP contribution in [-0.4, -0.2) is 87.5 Å². The van der Waals surface area contributed by atoms with Crippen LogP contribution in [0.15, 0.2) is 36.5 Å². The van der Waals surface area contributed by atoms with E-state index in [0.29, 0.717) is 6.42 Å². The van der Waals surface area contributed by atoms with Gasteiger partial charge in [0.2, 0.25) is 5.91 Å². The summed E-state index contributed by atoms with van der Waals surface area (Å²) in [6.07, 6.45) is 43.7. The van der Waals surface area contributed by atoms with Gasteiger partial charge >= 0.3 is 0 Å². The zero-order valence-corrected chi connectivity index (χ0v) is 38.0. The van der Waals surface area contributed by atoms with Crippen molar-refractivity contribution in [1.82, 2.24) is 5.32 Å². The van der Waals surface area contributed by atoms with Crippen LogP contribution >= 0.6 is 0 Å². The van der Waals surface area contributed by atoms with Gasteiger partial charge in [-0.2, -0.15) is 0 Å². The highest BCUT2D eigenvalue weighted by Crippen LogP contribution is 2.23. The Labute approximate surface area is 361 Å². The Hall–Kier alpha value is -1.59. The summed E-state index contributed by atoms with van der Waals surface area (Å²) in [5.41, 5.74) is 0. The van der Waals surface area contributed by atoms with Crippen molar-refractivity contribution < 1.29 is 39.8 Å². The Morgan fingerprint density at radius 2 is 0.983 bits per heavy atom. The van der Waals surface area contributed by atoms with Gasteiger partial charge in [0.25, 0.3) is 0 Å². The van der Waals surface area contributed by atoms with Crippen LogP contribution in [0, 0.1) is 0 Å². The Bertz CT molecular complexity index is 1020. The summed E-state index contributed by atoms with van der Waals surface area (Å²) >= 11 is 0. The number of unbranched alkanes of at least 4 members (excludes halogenated alkanes) is 27. The lowest BCUT2D eigenvalue weighted by molar-refractivity contribution is -0.302. The monoisotopic (exact) mass is 836 g/mol. The average Bonchev–Trinajstić information content (AvgIpc) is 3.23. The highest BCUT2D eigenvalue weighted by atomic mass is 16.7. The number of hydrogen-bond acceptors (Lipinski definition) is 8. The van der Waals surface area contributed by atoms with E-state index < -0.39 is 49.5 Å². The molecule has 0 spiro atoms. The zero-order valence-electron chi connectivity index (χ0n) is 38.0. The van der Waals surface area contributed by atoms with Gasteiger partial charge in [-0.3, -0.25) is 4.79 Å². The number of ether oxygens (including phenoxy) is 2. The molecule has 7 unspecified atom stereocenters. The van der Waals surface area contributed by atoms with Gasteiger partial charge in [-0.05, 0) is 38.5 Å². The molecule has 7 atom stereocenters. The molecule has 0 aliphatic carbocycles. The van der Waals surface area contributed by atoms with E-state index in [-0.39, 0.29) is 12.5 Å². The van der Waals surface area contributed by atoms with Crippen molar-refractivity contribution in [2.45, 2.75) is 262 Å². The molecular weight excluding hydrogens is 743 g/mol. The molecule has 0 saturated carbocycles. The van der Waals surface area contributed by atoms with Crippen LogP contribution < -0.4 is 5.32 Å². The van der Waals surface area contributed by atoms with E-state index in [4.69, 9.17) is 9.47 Å². The van der Waals surface area contributed by atoms with Gasteiger partial charge in [-0.1, -0.05) is 211 Å². The number of hydrogen-bond donors (Lipinski definition) is 6. The van der Waals surface area contributed by atoms with E-state index in [1.54, 1.807) is 6.08 Å². The zero-order chi connectivity index (χ0) is 43.0. The van der Waals surface area contributed by atoms with E-state index in [2.05, 4.69) is 43.5 Å². The number of allylic oxidation sites excluding steroid dienone is 5. The van der Waals surface area contributed by atoms with E-state index >= 15 is 0 Å². The molecule has 0 bridgehead atoms. The number of rotatable bonds is 41. The van der Waals surface area contributed by atoms with Crippen molar-refractivity contribution >= 4 is 5.91 Å². The third-order valence-corrected chi connectivity index (χ3v) is 11.7. The number of nitrogens with one attached hydrogen (secondary N) is 1. The van der Waals surface area contributed by atoms with Crippen molar-refractivity contribution in [2.75, 3.05) is 13.2 Å². The van der Waals surface area contributed by atoms with Gasteiger partial charge in [0, 0.05) is 6.42 Å². The molecule has 1 saturated heterocycles. The molecule has 346 valence electrons. The fourth-order valence-electron chi connectivity index (χ4n) is 7.78. The van der Waals surface area contributed by atoms with Crippen molar-refractivity contribution in [3.05, 3.63) is 36.5 Å². The maximum absolute atomic E-state index is 12.9. The molecule has 1 amide bonds. The quantitative estimate of drug-likeness (QED) is 0.0263. The Kier molecular flexibility index (Phi) is 38.0. The molecule has 0 aromatic rings. The highest BCUT2D eigenvalue weighted by Gasteiger charge is 2.44. The smallest absolute Gasteiger partial charge is 0.220 e. The first-order chi connectivity index (χ1) is 28.8. The van der Waals surface area contributed by atoms with Gasteiger partial charge in [-0.15, -0.1) is 0 Å². The third-order valence-electron chi connectivity index (χ3n) is 11.7. The highest BCUT2D eigenvalue weighted by molar-refractivity contribution is 5.76. The van der Waals surface area contributed by atoms with Crippen LogP contribution in [0.4, 0.5) is 0 Å². The summed E-state index contributed by atoms with van der Waals surface area (Å²) in [4.78, 5) is 12.9. The lowest BCUT2D eigenvalue weighted by Crippen LogP contribution is -2.60. The molecule has 1 aliphatic heterocycles. The van der Waals surface area contributed by atoms with Crippen molar-refractivity contribution in [1.29, 1.82) is 0 Å². The van der Waals surface area contributed by atoms with E-state index in [1.165, 1.54) is 148 Å². The van der Waals surface area contributed by atoms with Crippen LogP contribution in [0.5, 0.6) is 0 Å². The van der Waals surface area contributed by atoms with Crippen molar-refractivity contribution in [3.63, 3.8) is 0 Å². The minimum atomic E-state index is -1.57. The summed E-state index contributed by atoms with van der Waals surface area (Å²) in [7, 11) is 0. The largest absolute Gasteiger partial charge is 0.394 e. The molecule has 0 aromatic heterocycles. The van der Waals surface area contributed by atoms with Gasteiger partial charge in [-0.25, -0.2) is 0 Å². The average molecular weight is 836 g/mol. The van der Waals surface area contributed by atoms with Crippen molar-refractivity contribution in [2.24, 2.45) is 0 Å². The summed E-state index contributed by atoms with van der Waals surface area (Å²) in [6.45, 7) is 3.64. The summed E-state index contributed by atoms with van der Waals surface area (Å²) < 4.78 is 11.2. The lowest BCUT2D eigenvalue weighted by Gasteiger charge is -2.40. The molecule has 1 aliphatic rings. The van der Waals surface area contributed by atoms with Crippen LogP contribution in [-0.2, 0) is 14.3 Å². The summed E-state index contributed by atoms with van der Waals surface area (Å²) in [6, 6.07) is -0.823. The first kappa shape index (κ1) is 55.4. The SMILES string of the molecule is CC/C=C/CC/C=C/CC/C=C/C(O)C(COC1OC(CO)C(O)C(O)C1O)NC(=O)CCCCCCCCCCCCCCCCCCCCCCCCCCCC. The van der Waals surface area contributed by atoms with E-state index in [9.17, 15) is 30.3 Å². The second-order valence-electron chi connectivity index (χ2n) is 17.2. The summed E-state index contributed by atoms with van der Waals surface area (Å²) in [5.74, 6) is -0.191. The molecule has 0 aromatic carbocycles.